The Kier molecular flexibility index (Phi) is 6.07. The first kappa shape index (κ1) is 24.1. The third-order valence-electron chi connectivity index (χ3n) is 6.97. The Hall–Kier alpha value is -3.66. The summed E-state index contributed by atoms with van der Waals surface area (Å²) in [7, 11) is 0. The number of halogens is 3. The number of fused-ring (bicyclic) bond motifs is 1. The number of aromatic amines is 1. The van der Waals surface area contributed by atoms with Crippen molar-refractivity contribution in [1.29, 1.82) is 0 Å². The van der Waals surface area contributed by atoms with Gasteiger partial charge in [-0.15, -0.1) is 0 Å². The molecule has 0 saturated carbocycles. The number of carbonyl (C=O) groups excluding carboxylic acids is 2. The van der Waals surface area contributed by atoms with Crippen molar-refractivity contribution in [3.05, 3.63) is 70.0 Å². The second kappa shape index (κ2) is 9.09. The summed E-state index contributed by atoms with van der Waals surface area (Å²) in [5.41, 5.74) is -0.949. The van der Waals surface area contributed by atoms with Crippen LogP contribution in [0.3, 0.4) is 0 Å². The predicted molar refractivity (Wildman–Crippen MR) is 126 cm³/mol. The molecule has 3 aromatic rings. The van der Waals surface area contributed by atoms with Gasteiger partial charge in [-0.3, -0.25) is 14.4 Å². The molecule has 0 spiro atoms. The van der Waals surface area contributed by atoms with Gasteiger partial charge in [-0.05, 0) is 48.4 Å². The molecule has 1 aromatic heterocycles. The fraction of sp³-hybridized carbons (Fsp3) is 0.346. The summed E-state index contributed by atoms with van der Waals surface area (Å²) in [5.74, 6) is -1.15. The quantitative estimate of drug-likeness (QED) is 0.515. The van der Waals surface area contributed by atoms with Crippen molar-refractivity contribution < 1.29 is 27.9 Å². The molecule has 2 saturated heterocycles. The number of piperidine rings is 1. The number of benzene rings is 2. The molecule has 36 heavy (non-hydrogen) atoms. The molecular formula is C26H24F3N3O4. The number of H-pyrrole nitrogens is 1. The maximum absolute atomic E-state index is 13.5. The molecule has 2 aliphatic rings. The number of alkyl halides is 3. The second-order valence-corrected chi connectivity index (χ2v) is 9.31. The van der Waals surface area contributed by atoms with E-state index in [1.807, 2.05) is 0 Å². The number of carbonyl (C=O) groups is 2. The van der Waals surface area contributed by atoms with Gasteiger partial charge in [0.2, 0.25) is 11.8 Å². The molecule has 5 rings (SSSR count). The van der Waals surface area contributed by atoms with Gasteiger partial charge in [-0.25, -0.2) is 0 Å². The van der Waals surface area contributed by atoms with Gasteiger partial charge in [0, 0.05) is 29.7 Å². The summed E-state index contributed by atoms with van der Waals surface area (Å²) < 4.78 is 40.4. The van der Waals surface area contributed by atoms with Gasteiger partial charge in [0.15, 0.2) is 0 Å². The lowest BCUT2D eigenvalue weighted by Gasteiger charge is -2.31. The number of amides is 2. The molecule has 10 heteroatoms. The zero-order valence-electron chi connectivity index (χ0n) is 19.1. The van der Waals surface area contributed by atoms with Crippen molar-refractivity contribution in [3.63, 3.8) is 0 Å². The van der Waals surface area contributed by atoms with E-state index in [-0.39, 0.29) is 34.9 Å². The zero-order valence-corrected chi connectivity index (χ0v) is 19.1. The second-order valence-electron chi connectivity index (χ2n) is 9.31. The van der Waals surface area contributed by atoms with Crippen molar-refractivity contribution in [2.75, 3.05) is 13.1 Å². The van der Waals surface area contributed by atoms with E-state index in [9.17, 15) is 32.7 Å². The molecule has 3 N–H and O–H groups in total. The largest absolute Gasteiger partial charge is 0.417 e. The third kappa shape index (κ3) is 4.48. The smallest absolute Gasteiger partial charge is 0.393 e. The van der Waals surface area contributed by atoms with Gasteiger partial charge in [0.1, 0.15) is 6.04 Å². The number of aliphatic hydroxyl groups is 1. The van der Waals surface area contributed by atoms with Gasteiger partial charge in [0.05, 0.1) is 17.6 Å². The fourth-order valence-corrected chi connectivity index (χ4v) is 5.04. The molecule has 0 bridgehead atoms. The topological polar surface area (TPSA) is 102 Å². The Bertz CT molecular complexity index is 1390. The van der Waals surface area contributed by atoms with Crippen molar-refractivity contribution in [2.24, 2.45) is 0 Å². The van der Waals surface area contributed by atoms with E-state index in [0.29, 0.717) is 36.9 Å². The van der Waals surface area contributed by atoms with Gasteiger partial charge in [-0.2, -0.15) is 13.2 Å². The van der Waals surface area contributed by atoms with Gasteiger partial charge < -0.3 is 20.3 Å². The number of hydrogen-bond acceptors (Lipinski definition) is 4. The molecule has 2 atom stereocenters. The average Bonchev–Trinajstić information content (AvgIpc) is 3.25. The summed E-state index contributed by atoms with van der Waals surface area (Å²) in [4.78, 5) is 42.6. The highest BCUT2D eigenvalue weighted by Gasteiger charge is 2.39. The highest BCUT2D eigenvalue weighted by Crippen LogP contribution is 2.37. The Morgan fingerprint density at radius 1 is 1.03 bits per heavy atom. The lowest BCUT2D eigenvalue weighted by atomic mass is 9.93. The van der Waals surface area contributed by atoms with Crippen LogP contribution >= 0.6 is 0 Å². The molecule has 2 aliphatic heterocycles. The summed E-state index contributed by atoms with van der Waals surface area (Å²) in [6, 6.07) is 10.6. The summed E-state index contributed by atoms with van der Waals surface area (Å²) in [6.07, 6.45) is -3.77. The first-order valence-corrected chi connectivity index (χ1v) is 11.7. The summed E-state index contributed by atoms with van der Waals surface area (Å²) in [5, 5.41) is 13.1. The number of pyridine rings is 1. The van der Waals surface area contributed by atoms with Crippen LogP contribution in [-0.2, 0) is 15.8 Å². The van der Waals surface area contributed by atoms with Crippen LogP contribution in [0.4, 0.5) is 13.2 Å². The molecule has 2 aromatic carbocycles. The number of nitrogens with one attached hydrogen (secondary N) is 2. The zero-order chi connectivity index (χ0) is 25.6. The molecule has 0 radical (unpaired) electrons. The van der Waals surface area contributed by atoms with Gasteiger partial charge in [-0.1, -0.05) is 30.3 Å². The van der Waals surface area contributed by atoms with Crippen molar-refractivity contribution >= 4 is 22.6 Å². The number of nitrogens with zero attached hydrogens (tertiary/aromatic N) is 1. The molecule has 7 nitrogen and oxygen atoms in total. The van der Waals surface area contributed by atoms with Crippen LogP contribution in [0.25, 0.3) is 22.0 Å². The van der Waals surface area contributed by atoms with Crippen LogP contribution in [0.15, 0.2) is 53.3 Å². The van der Waals surface area contributed by atoms with E-state index in [4.69, 9.17) is 0 Å². The number of hydrogen-bond donors (Lipinski definition) is 3. The van der Waals surface area contributed by atoms with E-state index >= 15 is 0 Å². The van der Waals surface area contributed by atoms with E-state index in [1.165, 1.54) is 24.3 Å². The standard InChI is InChI=1S/C26H24F3N3O4/c27-26(28,29)20-4-2-1-3-17(20)21-12-15-6-5-14(11-18(15)23(34)30-21)19-13-22(31-24(19)35)25(36)32-9-7-16(33)8-10-32/h1-6,11-12,16,19,22,33H,7-10,13H2,(H,30,34)(H,31,35). The minimum absolute atomic E-state index is 0.0455. The van der Waals surface area contributed by atoms with Gasteiger partial charge >= 0.3 is 6.18 Å². The molecule has 3 heterocycles. The highest BCUT2D eigenvalue weighted by atomic mass is 19.4. The van der Waals surface area contributed by atoms with E-state index in [0.717, 1.165) is 6.07 Å². The summed E-state index contributed by atoms with van der Waals surface area (Å²) >= 11 is 0. The van der Waals surface area contributed by atoms with Crippen LogP contribution in [0.5, 0.6) is 0 Å². The van der Waals surface area contributed by atoms with Crippen LogP contribution in [0.1, 0.15) is 36.3 Å². The average molecular weight is 499 g/mol. The maximum Gasteiger partial charge on any atom is 0.417 e. The van der Waals surface area contributed by atoms with Gasteiger partial charge in [0.25, 0.3) is 5.56 Å². The van der Waals surface area contributed by atoms with E-state index in [2.05, 4.69) is 10.3 Å². The van der Waals surface area contributed by atoms with Crippen molar-refractivity contribution in [3.8, 4) is 11.3 Å². The van der Waals surface area contributed by atoms with E-state index in [1.54, 1.807) is 23.1 Å². The van der Waals surface area contributed by atoms with Crippen LogP contribution in [0.2, 0.25) is 0 Å². The molecule has 0 aliphatic carbocycles. The first-order chi connectivity index (χ1) is 17.1. The summed E-state index contributed by atoms with van der Waals surface area (Å²) in [6.45, 7) is 0.865. The molecule has 188 valence electrons. The van der Waals surface area contributed by atoms with Crippen LogP contribution in [-0.4, -0.2) is 52.0 Å². The number of likely N-dealkylation sites (tertiary alicyclic amines) is 1. The Labute approximate surface area is 203 Å². The minimum atomic E-state index is -4.58. The van der Waals surface area contributed by atoms with Crippen molar-refractivity contribution in [2.45, 2.75) is 43.5 Å². The number of aliphatic hydroxyl groups excluding tert-OH is 1. The molecule has 2 fully saturated rings. The monoisotopic (exact) mass is 499 g/mol. The predicted octanol–water partition coefficient (Wildman–Crippen LogP) is 3.17. The number of aromatic nitrogens is 1. The highest BCUT2D eigenvalue weighted by molar-refractivity contribution is 5.95. The number of rotatable bonds is 3. The Morgan fingerprint density at radius 2 is 1.75 bits per heavy atom. The molecule has 2 amide bonds. The SMILES string of the molecule is O=C1NC(C(=O)N2CCC(O)CC2)CC1c1ccc2cc(-c3ccccc3C(F)(F)F)[nH]c(=O)c2c1. The fourth-order valence-electron chi connectivity index (χ4n) is 5.04. The van der Waals surface area contributed by atoms with Crippen molar-refractivity contribution in [1.82, 2.24) is 15.2 Å². The molecular weight excluding hydrogens is 475 g/mol. The lowest BCUT2D eigenvalue weighted by molar-refractivity contribution is -0.137. The lowest BCUT2D eigenvalue weighted by Crippen LogP contribution is -2.48. The maximum atomic E-state index is 13.5. The normalized spacial score (nSPS) is 21.1. The van der Waals surface area contributed by atoms with Crippen LogP contribution in [0, 0.1) is 0 Å². The Morgan fingerprint density at radius 3 is 2.47 bits per heavy atom. The molecule has 2 unspecified atom stereocenters. The first-order valence-electron chi connectivity index (χ1n) is 11.7. The Balaban J connectivity index is 1.42. The van der Waals surface area contributed by atoms with E-state index < -0.39 is 35.4 Å². The third-order valence-corrected chi connectivity index (χ3v) is 6.97. The van der Waals surface area contributed by atoms with Crippen LogP contribution < -0.4 is 10.9 Å². The minimum Gasteiger partial charge on any atom is -0.393 e.